The molecule has 0 saturated carbocycles. The fourth-order valence-electron chi connectivity index (χ4n) is 1.82. The number of alkyl halides is 3. The van der Waals surface area contributed by atoms with Crippen LogP contribution < -0.4 is 15.6 Å². The van der Waals surface area contributed by atoms with Crippen LogP contribution in [-0.4, -0.2) is 24.0 Å². The van der Waals surface area contributed by atoms with Crippen molar-refractivity contribution in [3.63, 3.8) is 0 Å². The Kier molecular flexibility index (Phi) is 5.84. The van der Waals surface area contributed by atoms with E-state index in [0.29, 0.717) is 0 Å². The minimum absolute atomic E-state index is 0.0287. The molecule has 2 rings (SSSR count). The van der Waals surface area contributed by atoms with Gasteiger partial charge in [-0.05, 0) is 30.3 Å². The number of hydrogen-bond acceptors (Lipinski definition) is 3. The maximum atomic E-state index is 12.6. The number of carbonyl (C=O) groups excluding carboxylic acids is 1. The van der Waals surface area contributed by atoms with E-state index in [2.05, 4.69) is 22.1 Å². The molecule has 0 aliphatic heterocycles. The Morgan fingerprint density at radius 3 is 2.72 bits per heavy atom. The van der Waals surface area contributed by atoms with Gasteiger partial charge < -0.3 is 15.0 Å². The number of pyridine rings is 1. The predicted octanol–water partition coefficient (Wildman–Crippen LogP) is 2.21. The topological polar surface area (TPSA) is 71.2 Å². The summed E-state index contributed by atoms with van der Waals surface area (Å²) in [5, 5.41) is 2.43. The maximum absolute atomic E-state index is 12.6. The molecule has 25 heavy (non-hydrogen) atoms. The number of carbonyl (C=O) groups is 1. The van der Waals surface area contributed by atoms with Gasteiger partial charge in [0.25, 0.3) is 11.5 Å². The molecule has 5 nitrogen and oxygen atoms in total. The molecule has 0 bridgehead atoms. The summed E-state index contributed by atoms with van der Waals surface area (Å²) in [6.07, 6.45) is -3.03. The maximum Gasteiger partial charge on any atom is 0.416 e. The van der Waals surface area contributed by atoms with E-state index in [1.54, 1.807) is 0 Å². The summed E-state index contributed by atoms with van der Waals surface area (Å²) < 4.78 is 42.8. The zero-order chi connectivity index (χ0) is 18.3. The molecule has 0 saturated heterocycles. The van der Waals surface area contributed by atoms with Gasteiger partial charge in [-0.15, -0.1) is 0 Å². The highest BCUT2D eigenvalue weighted by Gasteiger charge is 2.30. The number of halogens is 3. The summed E-state index contributed by atoms with van der Waals surface area (Å²) in [7, 11) is 0. The standard InChI is InChI=1S/C17H13F3N2O3/c18-17(19,20)12-5-3-6-13(11-12)25-10-2-1-8-21-15(23)14-7-4-9-22-16(14)24/h3-7,9,11H,8,10H2,(H,21,23)(H,22,24). The first-order valence-electron chi connectivity index (χ1n) is 7.09. The molecule has 130 valence electrons. The van der Waals surface area contributed by atoms with Crippen molar-refractivity contribution in [2.24, 2.45) is 0 Å². The lowest BCUT2D eigenvalue weighted by atomic mass is 10.2. The number of aromatic amines is 1. The van der Waals surface area contributed by atoms with E-state index < -0.39 is 23.2 Å². The van der Waals surface area contributed by atoms with Crippen LogP contribution in [0.4, 0.5) is 13.2 Å². The van der Waals surface area contributed by atoms with Crippen LogP contribution in [0, 0.1) is 11.8 Å². The normalized spacial score (nSPS) is 10.5. The van der Waals surface area contributed by atoms with Crippen molar-refractivity contribution >= 4 is 5.91 Å². The van der Waals surface area contributed by atoms with Crippen molar-refractivity contribution < 1.29 is 22.7 Å². The molecule has 1 amide bonds. The SMILES string of the molecule is O=C(NCC#CCOc1cccc(C(F)(F)F)c1)c1ccc[nH]c1=O. The average molecular weight is 350 g/mol. The molecular formula is C17H13F3N2O3. The van der Waals surface area contributed by atoms with Crippen LogP contribution in [0.25, 0.3) is 0 Å². The molecular weight excluding hydrogens is 337 g/mol. The zero-order valence-corrected chi connectivity index (χ0v) is 12.8. The molecule has 0 aliphatic rings. The van der Waals surface area contributed by atoms with Crippen LogP contribution in [0.3, 0.4) is 0 Å². The van der Waals surface area contributed by atoms with Gasteiger partial charge in [-0.1, -0.05) is 17.9 Å². The molecule has 0 radical (unpaired) electrons. The van der Waals surface area contributed by atoms with Gasteiger partial charge in [-0.2, -0.15) is 13.2 Å². The number of aromatic nitrogens is 1. The van der Waals surface area contributed by atoms with E-state index in [0.717, 1.165) is 12.1 Å². The second-order valence-electron chi connectivity index (χ2n) is 4.76. The number of rotatable bonds is 4. The zero-order valence-electron chi connectivity index (χ0n) is 12.8. The Bertz CT molecular complexity index is 863. The Hall–Kier alpha value is -3.21. The van der Waals surface area contributed by atoms with Gasteiger partial charge in [0.05, 0.1) is 12.1 Å². The van der Waals surface area contributed by atoms with Gasteiger partial charge in [-0.25, -0.2) is 0 Å². The molecule has 1 aromatic carbocycles. The lowest BCUT2D eigenvalue weighted by Crippen LogP contribution is -2.29. The van der Waals surface area contributed by atoms with E-state index >= 15 is 0 Å². The van der Waals surface area contributed by atoms with E-state index in [1.807, 2.05) is 0 Å². The number of benzene rings is 1. The summed E-state index contributed by atoms with van der Waals surface area (Å²) in [5.74, 6) is 4.61. The first kappa shape index (κ1) is 18.1. The van der Waals surface area contributed by atoms with Crippen molar-refractivity contribution in [1.82, 2.24) is 10.3 Å². The third-order valence-electron chi connectivity index (χ3n) is 3.00. The van der Waals surface area contributed by atoms with Gasteiger partial charge in [0.15, 0.2) is 0 Å². The van der Waals surface area contributed by atoms with Crippen LogP contribution in [0.5, 0.6) is 5.75 Å². The predicted molar refractivity (Wildman–Crippen MR) is 84.1 cm³/mol. The second-order valence-corrected chi connectivity index (χ2v) is 4.76. The number of H-pyrrole nitrogens is 1. The quantitative estimate of drug-likeness (QED) is 0.831. The lowest BCUT2D eigenvalue weighted by molar-refractivity contribution is -0.137. The monoisotopic (exact) mass is 350 g/mol. The summed E-state index contributed by atoms with van der Waals surface area (Å²) in [5.41, 5.74) is -1.36. The van der Waals surface area contributed by atoms with Crippen LogP contribution >= 0.6 is 0 Å². The summed E-state index contributed by atoms with van der Waals surface area (Å²) >= 11 is 0. The third-order valence-corrected chi connectivity index (χ3v) is 3.00. The second kappa shape index (κ2) is 8.06. The fraction of sp³-hybridized carbons (Fsp3) is 0.176. The van der Waals surface area contributed by atoms with Crippen LogP contribution in [0.15, 0.2) is 47.4 Å². The highest BCUT2D eigenvalue weighted by molar-refractivity contribution is 5.93. The molecule has 2 aromatic rings. The van der Waals surface area contributed by atoms with Gasteiger partial charge in [-0.3, -0.25) is 9.59 Å². The number of nitrogens with one attached hydrogen (secondary N) is 2. The van der Waals surface area contributed by atoms with Crippen molar-refractivity contribution in [1.29, 1.82) is 0 Å². The van der Waals surface area contributed by atoms with E-state index in [9.17, 15) is 22.8 Å². The average Bonchev–Trinajstić information content (AvgIpc) is 2.57. The minimum atomic E-state index is -4.44. The molecule has 0 atom stereocenters. The van der Waals surface area contributed by atoms with Gasteiger partial charge in [0.1, 0.15) is 17.9 Å². The van der Waals surface area contributed by atoms with Gasteiger partial charge in [0.2, 0.25) is 0 Å². The van der Waals surface area contributed by atoms with Crippen molar-refractivity contribution in [2.75, 3.05) is 13.2 Å². The molecule has 8 heteroatoms. The largest absolute Gasteiger partial charge is 0.481 e. The number of ether oxygens (including phenoxy) is 1. The van der Waals surface area contributed by atoms with E-state index in [4.69, 9.17) is 4.74 Å². The summed E-state index contributed by atoms with van der Waals surface area (Å²) in [4.78, 5) is 25.5. The van der Waals surface area contributed by atoms with Crippen LogP contribution in [0.2, 0.25) is 0 Å². The minimum Gasteiger partial charge on any atom is -0.481 e. The Balaban J connectivity index is 1.81. The third kappa shape index (κ3) is 5.42. The Morgan fingerprint density at radius 2 is 2.00 bits per heavy atom. The van der Waals surface area contributed by atoms with Gasteiger partial charge in [0, 0.05) is 6.20 Å². The van der Waals surface area contributed by atoms with E-state index in [-0.39, 0.29) is 24.5 Å². The van der Waals surface area contributed by atoms with Crippen molar-refractivity contribution in [3.8, 4) is 17.6 Å². The highest BCUT2D eigenvalue weighted by Crippen LogP contribution is 2.31. The van der Waals surface area contributed by atoms with Crippen molar-refractivity contribution in [2.45, 2.75) is 6.18 Å². The molecule has 1 heterocycles. The molecule has 0 unspecified atom stereocenters. The fourth-order valence-corrected chi connectivity index (χ4v) is 1.82. The molecule has 1 aromatic heterocycles. The van der Waals surface area contributed by atoms with Crippen LogP contribution in [0.1, 0.15) is 15.9 Å². The van der Waals surface area contributed by atoms with Crippen molar-refractivity contribution in [3.05, 3.63) is 64.1 Å². The van der Waals surface area contributed by atoms with Crippen LogP contribution in [-0.2, 0) is 6.18 Å². The first-order chi connectivity index (χ1) is 11.9. The Morgan fingerprint density at radius 1 is 1.20 bits per heavy atom. The van der Waals surface area contributed by atoms with Gasteiger partial charge >= 0.3 is 6.18 Å². The summed E-state index contributed by atoms with van der Waals surface area (Å²) in [6, 6.07) is 7.34. The molecule has 0 aliphatic carbocycles. The number of amides is 1. The molecule has 0 fully saturated rings. The molecule has 0 spiro atoms. The number of hydrogen-bond donors (Lipinski definition) is 2. The van der Waals surface area contributed by atoms with E-state index in [1.165, 1.54) is 30.5 Å². The first-order valence-corrected chi connectivity index (χ1v) is 7.09. The Labute approximate surface area is 140 Å². The molecule has 2 N–H and O–H groups in total. The summed E-state index contributed by atoms with van der Waals surface area (Å²) in [6.45, 7) is -0.164. The smallest absolute Gasteiger partial charge is 0.416 e. The highest BCUT2D eigenvalue weighted by atomic mass is 19.4. The lowest BCUT2D eigenvalue weighted by Gasteiger charge is -2.08.